The van der Waals surface area contributed by atoms with E-state index in [-0.39, 0.29) is 6.04 Å². The molecule has 0 spiro atoms. The molecule has 1 N–H and O–H groups in total. The molecule has 2 rings (SSSR count). The molecule has 0 aliphatic carbocycles. The first-order valence-corrected chi connectivity index (χ1v) is 5.33. The van der Waals surface area contributed by atoms with Gasteiger partial charge < -0.3 is 9.84 Å². The van der Waals surface area contributed by atoms with Crippen molar-refractivity contribution in [2.75, 3.05) is 7.05 Å². The van der Waals surface area contributed by atoms with Crippen molar-refractivity contribution >= 4 is 0 Å². The van der Waals surface area contributed by atoms with Crippen LogP contribution < -0.4 is 5.32 Å². The van der Waals surface area contributed by atoms with Gasteiger partial charge in [0.25, 0.3) is 0 Å². The Morgan fingerprint density at radius 3 is 2.75 bits per heavy atom. The van der Waals surface area contributed by atoms with Crippen LogP contribution in [0.1, 0.15) is 30.2 Å². The molecule has 4 heteroatoms. The zero-order valence-electron chi connectivity index (χ0n) is 9.47. The molecule has 2 aromatic rings. The van der Waals surface area contributed by atoms with Gasteiger partial charge in [-0.15, -0.1) is 0 Å². The molecule has 1 unspecified atom stereocenters. The highest BCUT2D eigenvalue weighted by Gasteiger charge is 2.11. The minimum absolute atomic E-state index is 0.119. The number of aromatic nitrogens is 2. The molecule has 0 aliphatic heterocycles. The zero-order chi connectivity index (χ0) is 11.4. The van der Waals surface area contributed by atoms with Crippen molar-refractivity contribution in [1.29, 1.82) is 0 Å². The quantitative estimate of drug-likeness (QED) is 0.850. The molecular weight excluding hydrogens is 202 g/mol. The van der Waals surface area contributed by atoms with Crippen molar-refractivity contribution in [1.82, 2.24) is 15.5 Å². The average Bonchev–Trinajstić information content (AvgIpc) is 2.78. The third-order valence-electron chi connectivity index (χ3n) is 2.50. The Hall–Kier alpha value is -1.68. The molecule has 0 bridgehead atoms. The summed E-state index contributed by atoms with van der Waals surface area (Å²) in [5.74, 6) is 1.36. The average molecular weight is 217 g/mol. The van der Waals surface area contributed by atoms with Crippen LogP contribution in [0.5, 0.6) is 0 Å². The van der Waals surface area contributed by atoms with Crippen LogP contribution in [0.4, 0.5) is 0 Å². The van der Waals surface area contributed by atoms with Gasteiger partial charge >= 0.3 is 0 Å². The zero-order valence-corrected chi connectivity index (χ0v) is 9.47. The van der Waals surface area contributed by atoms with E-state index in [1.165, 1.54) is 5.56 Å². The largest absolute Gasteiger partial charge is 0.339 e. The summed E-state index contributed by atoms with van der Waals surface area (Å²) in [5.41, 5.74) is 1.18. The third kappa shape index (κ3) is 2.46. The molecule has 1 atom stereocenters. The van der Waals surface area contributed by atoms with E-state index in [4.69, 9.17) is 4.52 Å². The van der Waals surface area contributed by atoms with Crippen LogP contribution in [0.25, 0.3) is 0 Å². The summed E-state index contributed by atoms with van der Waals surface area (Å²) in [5, 5.41) is 7.01. The molecular formula is C12H15N3O. The molecule has 0 saturated heterocycles. The molecule has 0 aliphatic rings. The second-order valence-electron chi connectivity index (χ2n) is 3.72. The molecule has 0 amide bonds. The first-order chi connectivity index (χ1) is 7.79. The number of benzene rings is 1. The van der Waals surface area contributed by atoms with Crippen LogP contribution in [0.3, 0.4) is 0 Å². The minimum Gasteiger partial charge on any atom is -0.339 e. The summed E-state index contributed by atoms with van der Waals surface area (Å²) >= 11 is 0. The summed E-state index contributed by atoms with van der Waals surface area (Å²) in [6.07, 6.45) is 0.685. The van der Waals surface area contributed by atoms with Gasteiger partial charge in [-0.3, -0.25) is 0 Å². The topological polar surface area (TPSA) is 51.0 Å². The van der Waals surface area contributed by atoms with E-state index in [0.29, 0.717) is 18.1 Å². The first-order valence-electron chi connectivity index (χ1n) is 5.33. The molecule has 0 radical (unpaired) electrons. The number of hydrogen-bond donors (Lipinski definition) is 1. The van der Waals surface area contributed by atoms with Gasteiger partial charge in [-0.1, -0.05) is 35.5 Å². The normalized spacial score (nSPS) is 12.6. The minimum atomic E-state index is 0.119. The summed E-state index contributed by atoms with van der Waals surface area (Å²) in [7, 11) is 1.87. The van der Waals surface area contributed by atoms with E-state index in [1.807, 2.05) is 44.3 Å². The Kier molecular flexibility index (Phi) is 3.31. The van der Waals surface area contributed by atoms with E-state index in [2.05, 4.69) is 15.5 Å². The highest BCUT2D eigenvalue weighted by atomic mass is 16.5. The Bertz CT molecular complexity index is 439. The molecule has 84 valence electrons. The summed E-state index contributed by atoms with van der Waals surface area (Å²) in [6, 6.07) is 10.2. The van der Waals surface area contributed by atoms with Crippen molar-refractivity contribution in [3.8, 4) is 0 Å². The van der Waals surface area contributed by atoms with Gasteiger partial charge in [-0.05, 0) is 19.5 Å². The van der Waals surface area contributed by atoms with Crippen LogP contribution >= 0.6 is 0 Å². The van der Waals surface area contributed by atoms with Crippen LogP contribution in [-0.4, -0.2) is 17.2 Å². The number of nitrogens with zero attached hydrogens (tertiary/aromatic N) is 2. The van der Waals surface area contributed by atoms with Gasteiger partial charge in [0.15, 0.2) is 5.82 Å². The van der Waals surface area contributed by atoms with Crippen LogP contribution in [-0.2, 0) is 6.42 Å². The smallest absolute Gasteiger partial charge is 0.231 e. The van der Waals surface area contributed by atoms with Crippen molar-refractivity contribution < 1.29 is 4.52 Å². The van der Waals surface area contributed by atoms with E-state index in [1.54, 1.807) is 0 Å². The van der Waals surface area contributed by atoms with Crippen molar-refractivity contribution in [3.05, 3.63) is 47.6 Å². The predicted octanol–water partition coefficient (Wildman–Crippen LogP) is 1.94. The molecule has 4 nitrogen and oxygen atoms in total. The lowest BCUT2D eigenvalue weighted by Crippen LogP contribution is -2.13. The number of hydrogen-bond acceptors (Lipinski definition) is 4. The van der Waals surface area contributed by atoms with Gasteiger partial charge in [-0.2, -0.15) is 4.98 Å². The van der Waals surface area contributed by atoms with Gasteiger partial charge in [0, 0.05) is 0 Å². The Balaban J connectivity index is 2.09. The van der Waals surface area contributed by atoms with Crippen molar-refractivity contribution in [2.45, 2.75) is 19.4 Å². The van der Waals surface area contributed by atoms with E-state index in [9.17, 15) is 0 Å². The maximum absolute atomic E-state index is 5.19. The molecule has 0 fully saturated rings. The standard InChI is InChI=1S/C12H15N3O/c1-9(13-2)12-14-11(16-15-12)8-10-6-4-3-5-7-10/h3-7,9,13H,8H2,1-2H3. The van der Waals surface area contributed by atoms with E-state index >= 15 is 0 Å². The SMILES string of the molecule is CNC(C)c1noc(Cc2ccccc2)n1. The monoisotopic (exact) mass is 217 g/mol. The predicted molar refractivity (Wildman–Crippen MR) is 61.0 cm³/mol. The van der Waals surface area contributed by atoms with Gasteiger partial charge in [0.1, 0.15) is 0 Å². The second-order valence-corrected chi connectivity index (χ2v) is 3.72. The fraction of sp³-hybridized carbons (Fsp3) is 0.333. The first kappa shape index (κ1) is 10.8. The summed E-state index contributed by atoms with van der Waals surface area (Å²) < 4.78 is 5.19. The highest BCUT2D eigenvalue weighted by molar-refractivity contribution is 5.18. The Morgan fingerprint density at radius 1 is 1.31 bits per heavy atom. The lowest BCUT2D eigenvalue weighted by molar-refractivity contribution is 0.374. The maximum Gasteiger partial charge on any atom is 0.231 e. The fourth-order valence-corrected chi connectivity index (χ4v) is 1.42. The number of nitrogens with one attached hydrogen (secondary N) is 1. The second kappa shape index (κ2) is 4.90. The van der Waals surface area contributed by atoms with Crippen LogP contribution in [0, 0.1) is 0 Å². The molecule has 0 saturated carbocycles. The lowest BCUT2D eigenvalue weighted by atomic mass is 10.1. The van der Waals surface area contributed by atoms with Crippen LogP contribution in [0.2, 0.25) is 0 Å². The van der Waals surface area contributed by atoms with Gasteiger partial charge in [0.05, 0.1) is 12.5 Å². The van der Waals surface area contributed by atoms with E-state index < -0.39 is 0 Å². The van der Waals surface area contributed by atoms with E-state index in [0.717, 1.165) is 0 Å². The Labute approximate surface area is 94.7 Å². The molecule has 1 aromatic carbocycles. The highest BCUT2D eigenvalue weighted by Crippen LogP contribution is 2.11. The number of rotatable bonds is 4. The maximum atomic E-state index is 5.19. The Morgan fingerprint density at radius 2 is 2.06 bits per heavy atom. The summed E-state index contributed by atoms with van der Waals surface area (Å²) in [6.45, 7) is 2.00. The van der Waals surface area contributed by atoms with Gasteiger partial charge in [0.2, 0.25) is 5.89 Å². The summed E-state index contributed by atoms with van der Waals surface area (Å²) in [4.78, 5) is 4.34. The van der Waals surface area contributed by atoms with Gasteiger partial charge in [-0.25, -0.2) is 0 Å². The molecule has 1 heterocycles. The van der Waals surface area contributed by atoms with Crippen molar-refractivity contribution in [2.24, 2.45) is 0 Å². The molecule has 16 heavy (non-hydrogen) atoms. The third-order valence-corrected chi connectivity index (χ3v) is 2.50. The van der Waals surface area contributed by atoms with Crippen LogP contribution in [0.15, 0.2) is 34.9 Å². The lowest BCUT2D eigenvalue weighted by Gasteiger charge is -2.01. The molecule has 1 aromatic heterocycles. The van der Waals surface area contributed by atoms with Crippen molar-refractivity contribution in [3.63, 3.8) is 0 Å². The fourth-order valence-electron chi connectivity index (χ4n) is 1.42.